The van der Waals surface area contributed by atoms with Crippen LogP contribution in [-0.4, -0.2) is 59.8 Å². The molecule has 0 spiro atoms. The van der Waals surface area contributed by atoms with E-state index in [0.29, 0.717) is 24.6 Å². The second-order valence-electron chi connectivity index (χ2n) is 6.23. The second-order valence-corrected chi connectivity index (χ2v) is 6.23. The number of aryl methyl sites for hydroxylation is 1. The molecule has 1 N–H and O–H groups in total. The maximum atomic E-state index is 12.6. The summed E-state index contributed by atoms with van der Waals surface area (Å²) in [5.74, 6) is 0.563. The Morgan fingerprint density at radius 2 is 2.10 bits per heavy atom. The first-order valence-corrected chi connectivity index (χ1v) is 8.75. The molecule has 11 heteroatoms. The Bertz CT molecular complexity index is 860. The number of nitrogens with one attached hydrogen (secondary N) is 1. The van der Waals surface area contributed by atoms with Gasteiger partial charge in [-0.1, -0.05) is 18.2 Å². The van der Waals surface area contributed by atoms with E-state index in [1.807, 2.05) is 4.90 Å². The number of aromatic nitrogens is 2. The minimum atomic E-state index is -2.89. The van der Waals surface area contributed by atoms with E-state index in [0.717, 1.165) is 5.69 Å². The van der Waals surface area contributed by atoms with E-state index in [4.69, 9.17) is 0 Å². The van der Waals surface area contributed by atoms with Crippen LogP contribution < -0.4 is 15.0 Å². The van der Waals surface area contributed by atoms with Crippen LogP contribution in [-0.2, 0) is 18.4 Å². The number of alkyl halides is 2. The fourth-order valence-corrected chi connectivity index (χ4v) is 3.04. The predicted octanol–water partition coefficient (Wildman–Crippen LogP) is 2.06. The Balaban J connectivity index is 0.00000300. The Labute approximate surface area is 184 Å². The highest BCUT2D eigenvalue weighted by atomic mass is 127. The lowest BCUT2D eigenvalue weighted by molar-refractivity contribution is -0.120. The molecule has 2 heterocycles. The zero-order valence-corrected chi connectivity index (χ0v) is 18.4. The average molecular weight is 520 g/mol. The molecule has 1 aromatic carbocycles. The van der Waals surface area contributed by atoms with Gasteiger partial charge >= 0.3 is 6.61 Å². The van der Waals surface area contributed by atoms with Crippen molar-refractivity contribution < 1.29 is 18.3 Å². The maximum Gasteiger partial charge on any atom is 0.387 e. The topological polar surface area (TPSA) is 75.0 Å². The van der Waals surface area contributed by atoms with Crippen LogP contribution in [0.3, 0.4) is 0 Å². The van der Waals surface area contributed by atoms with E-state index in [1.165, 1.54) is 6.07 Å². The lowest BCUT2D eigenvalue weighted by Crippen LogP contribution is -2.55. The molecule has 0 atom stereocenters. The Morgan fingerprint density at radius 3 is 2.72 bits per heavy atom. The van der Waals surface area contributed by atoms with Crippen LogP contribution in [0, 0.1) is 0 Å². The molecular weight excluding hydrogens is 497 g/mol. The normalized spacial score (nSPS) is 14.8. The highest BCUT2D eigenvalue weighted by molar-refractivity contribution is 14.0. The number of piperazine rings is 1. The molecule has 1 aliphatic rings. The van der Waals surface area contributed by atoms with Gasteiger partial charge in [-0.3, -0.25) is 14.5 Å². The minimum Gasteiger partial charge on any atom is -0.434 e. The third-order valence-corrected chi connectivity index (χ3v) is 4.36. The monoisotopic (exact) mass is 520 g/mol. The Kier molecular flexibility index (Phi) is 8.17. The number of ether oxygens (including phenoxy) is 1. The zero-order valence-electron chi connectivity index (χ0n) is 16.1. The number of benzene rings is 1. The van der Waals surface area contributed by atoms with Gasteiger partial charge in [0.15, 0.2) is 5.96 Å². The van der Waals surface area contributed by atoms with Gasteiger partial charge < -0.3 is 19.9 Å². The smallest absolute Gasteiger partial charge is 0.387 e. The summed E-state index contributed by atoms with van der Waals surface area (Å²) in [7, 11) is 3.41. The molecular formula is C18H23F2IN6O2. The van der Waals surface area contributed by atoms with Gasteiger partial charge in [-0.05, 0) is 6.07 Å². The molecule has 0 bridgehead atoms. The summed E-state index contributed by atoms with van der Waals surface area (Å²) in [6, 6.07) is 6.56. The van der Waals surface area contributed by atoms with Crippen molar-refractivity contribution >= 4 is 41.5 Å². The van der Waals surface area contributed by atoms with Crippen LogP contribution in [0.15, 0.2) is 41.7 Å². The van der Waals surface area contributed by atoms with Gasteiger partial charge in [0.25, 0.3) is 0 Å². The van der Waals surface area contributed by atoms with E-state index >= 15 is 0 Å². The number of carbonyl (C=O) groups is 1. The minimum absolute atomic E-state index is 0. The van der Waals surface area contributed by atoms with Crippen molar-refractivity contribution in [1.29, 1.82) is 0 Å². The number of hydrogen-bond acceptors (Lipinski definition) is 4. The van der Waals surface area contributed by atoms with Gasteiger partial charge in [-0.25, -0.2) is 0 Å². The number of nitrogens with zero attached hydrogens (tertiary/aromatic N) is 5. The molecule has 2 aromatic rings. The number of carbonyl (C=O) groups excluding carboxylic acids is 1. The van der Waals surface area contributed by atoms with Crippen LogP contribution in [0.1, 0.15) is 5.56 Å². The van der Waals surface area contributed by atoms with Gasteiger partial charge in [-0.15, -0.1) is 24.0 Å². The van der Waals surface area contributed by atoms with Crippen LogP contribution >= 0.6 is 24.0 Å². The van der Waals surface area contributed by atoms with Crippen molar-refractivity contribution in [2.45, 2.75) is 13.2 Å². The van der Waals surface area contributed by atoms with Gasteiger partial charge in [-0.2, -0.15) is 13.9 Å². The van der Waals surface area contributed by atoms with Crippen molar-refractivity contribution in [1.82, 2.24) is 20.0 Å². The quantitative estimate of drug-likeness (QED) is 0.372. The summed E-state index contributed by atoms with van der Waals surface area (Å²) in [6.45, 7) is -1.42. The summed E-state index contributed by atoms with van der Waals surface area (Å²) in [5.41, 5.74) is 1.33. The standard InChI is InChI=1S/C18H22F2N6O2.HI/c1-21-18(22-9-13-5-3-4-6-15(13)28-17(19)20)25-7-8-26(16(27)12-25)14-10-23-24(2)11-14;/h3-6,10-11,17H,7-9,12H2,1-2H3,(H,21,22);1H. The summed E-state index contributed by atoms with van der Waals surface area (Å²) in [5, 5.41) is 7.21. The number of aliphatic imine (C=N–C) groups is 1. The molecule has 1 fully saturated rings. The molecule has 1 aromatic heterocycles. The highest BCUT2D eigenvalue weighted by Gasteiger charge is 2.27. The number of para-hydroxylation sites is 1. The zero-order chi connectivity index (χ0) is 20.1. The fourth-order valence-electron chi connectivity index (χ4n) is 3.04. The van der Waals surface area contributed by atoms with E-state index in [-0.39, 0.29) is 48.7 Å². The summed E-state index contributed by atoms with van der Waals surface area (Å²) in [6.07, 6.45) is 3.45. The van der Waals surface area contributed by atoms with E-state index < -0.39 is 6.61 Å². The first kappa shape index (κ1) is 22.8. The molecule has 0 radical (unpaired) electrons. The number of anilines is 1. The van der Waals surface area contributed by atoms with Crippen molar-refractivity contribution in [3.8, 4) is 5.75 Å². The lowest BCUT2D eigenvalue weighted by atomic mass is 10.2. The van der Waals surface area contributed by atoms with Crippen molar-refractivity contribution in [2.75, 3.05) is 31.6 Å². The molecule has 3 rings (SSSR count). The molecule has 1 amide bonds. The first-order chi connectivity index (χ1) is 13.5. The molecule has 0 saturated carbocycles. The number of hydrogen-bond donors (Lipinski definition) is 1. The molecule has 1 saturated heterocycles. The van der Waals surface area contributed by atoms with Crippen molar-refractivity contribution in [2.24, 2.45) is 12.0 Å². The van der Waals surface area contributed by atoms with Crippen molar-refractivity contribution in [3.63, 3.8) is 0 Å². The summed E-state index contributed by atoms with van der Waals surface area (Å²) >= 11 is 0. The Hall–Kier alpha value is -2.44. The SMILES string of the molecule is CN=C(NCc1ccccc1OC(F)F)N1CCN(c2cnn(C)c2)C(=O)C1.I. The van der Waals surface area contributed by atoms with Crippen LogP contribution in [0.4, 0.5) is 14.5 Å². The second kappa shape index (κ2) is 10.4. The van der Waals surface area contributed by atoms with Gasteiger partial charge in [0, 0.05) is 45.5 Å². The van der Waals surface area contributed by atoms with Gasteiger partial charge in [0.05, 0.1) is 11.9 Å². The molecule has 158 valence electrons. The maximum absolute atomic E-state index is 12.6. The van der Waals surface area contributed by atoms with Gasteiger partial charge in [0.1, 0.15) is 12.3 Å². The highest BCUT2D eigenvalue weighted by Crippen LogP contribution is 2.20. The van der Waals surface area contributed by atoms with E-state index in [2.05, 4.69) is 20.1 Å². The molecule has 29 heavy (non-hydrogen) atoms. The largest absolute Gasteiger partial charge is 0.434 e. The van der Waals surface area contributed by atoms with E-state index in [1.54, 1.807) is 54.3 Å². The molecule has 0 unspecified atom stereocenters. The number of halogens is 3. The van der Waals surface area contributed by atoms with Crippen LogP contribution in [0.2, 0.25) is 0 Å². The Morgan fingerprint density at radius 1 is 1.34 bits per heavy atom. The third kappa shape index (κ3) is 5.78. The molecule has 1 aliphatic heterocycles. The van der Waals surface area contributed by atoms with E-state index in [9.17, 15) is 13.6 Å². The van der Waals surface area contributed by atoms with Crippen LogP contribution in [0.25, 0.3) is 0 Å². The number of amides is 1. The molecule has 0 aliphatic carbocycles. The average Bonchev–Trinajstić information content (AvgIpc) is 3.09. The molecule has 8 nitrogen and oxygen atoms in total. The predicted molar refractivity (Wildman–Crippen MR) is 116 cm³/mol. The lowest BCUT2D eigenvalue weighted by Gasteiger charge is -2.35. The van der Waals surface area contributed by atoms with Gasteiger partial charge in [0.2, 0.25) is 5.91 Å². The number of guanidine groups is 1. The summed E-state index contributed by atoms with van der Waals surface area (Å²) in [4.78, 5) is 20.3. The third-order valence-electron chi connectivity index (χ3n) is 4.36. The first-order valence-electron chi connectivity index (χ1n) is 8.75. The van der Waals surface area contributed by atoms with Crippen molar-refractivity contribution in [3.05, 3.63) is 42.2 Å². The summed E-state index contributed by atoms with van der Waals surface area (Å²) < 4.78 is 31.3. The number of rotatable bonds is 5. The fraction of sp³-hybridized carbons (Fsp3) is 0.389. The van der Waals surface area contributed by atoms with Crippen LogP contribution in [0.5, 0.6) is 5.75 Å².